The molecule has 2 aromatic carbocycles. The van der Waals surface area contributed by atoms with Gasteiger partial charge in [0.05, 0.1) is 11.6 Å². The van der Waals surface area contributed by atoms with Gasteiger partial charge in [-0.1, -0.05) is 73.8 Å². The summed E-state index contributed by atoms with van der Waals surface area (Å²) < 4.78 is 0. The summed E-state index contributed by atoms with van der Waals surface area (Å²) in [6.07, 6.45) is 4.07. The normalized spacial score (nSPS) is 18.6. The van der Waals surface area contributed by atoms with Gasteiger partial charge in [-0.15, -0.1) is 0 Å². The molecule has 1 atom stereocenters. The lowest BCUT2D eigenvalue weighted by molar-refractivity contribution is 0.367. The fourth-order valence-corrected chi connectivity index (χ4v) is 4.41. The van der Waals surface area contributed by atoms with Crippen molar-refractivity contribution in [3.8, 4) is 0 Å². The Bertz CT molecular complexity index is 1040. The Kier molecular flexibility index (Phi) is 7.07. The molecule has 0 saturated carbocycles. The molecule has 0 spiro atoms. The second kappa shape index (κ2) is 9.11. The first kappa shape index (κ1) is 24.1. The number of amidine groups is 1. The van der Waals surface area contributed by atoms with Gasteiger partial charge in [-0.3, -0.25) is 4.99 Å². The van der Waals surface area contributed by atoms with Gasteiger partial charge in [0.2, 0.25) is 0 Å². The van der Waals surface area contributed by atoms with Crippen LogP contribution in [-0.2, 0) is 0 Å². The van der Waals surface area contributed by atoms with Gasteiger partial charge in [0.1, 0.15) is 5.84 Å². The van der Waals surface area contributed by atoms with Crippen LogP contribution in [0.5, 0.6) is 0 Å². The zero-order chi connectivity index (χ0) is 23.0. The van der Waals surface area contributed by atoms with Crippen molar-refractivity contribution >= 4 is 69.7 Å². The Hall–Kier alpha value is -1.59. The van der Waals surface area contributed by atoms with Crippen LogP contribution in [0.15, 0.2) is 53.5 Å². The summed E-state index contributed by atoms with van der Waals surface area (Å²) in [5.74, 6) is 0.819. The Balaban J connectivity index is 1.96. The van der Waals surface area contributed by atoms with Crippen molar-refractivity contribution in [1.29, 1.82) is 0 Å². The van der Waals surface area contributed by atoms with Crippen molar-refractivity contribution in [2.45, 2.75) is 46.2 Å². The molecule has 7 heteroatoms. The van der Waals surface area contributed by atoms with Gasteiger partial charge in [-0.05, 0) is 73.4 Å². The van der Waals surface area contributed by atoms with Gasteiger partial charge in [0.25, 0.3) is 0 Å². The summed E-state index contributed by atoms with van der Waals surface area (Å²) in [4.78, 5) is 7.17. The third-order valence-corrected chi connectivity index (χ3v) is 6.33. The van der Waals surface area contributed by atoms with E-state index < -0.39 is 5.54 Å². The van der Waals surface area contributed by atoms with Crippen LogP contribution in [0.25, 0.3) is 6.08 Å². The molecule has 3 nitrogen and oxygen atoms in total. The van der Waals surface area contributed by atoms with Crippen LogP contribution < -0.4 is 10.2 Å². The first-order valence-electron chi connectivity index (χ1n) is 9.98. The molecule has 1 aliphatic rings. The lowest BCUT2D eigenvalue weighted by atomic mass is 9.86. The van der Waals surface area contributed by atoms with E-state index in [1.807, 2.05) is 42.5 Å². The third kappa shape index (κ3) is 5.43. The maximum Gasteiger partial charge on any atom is 0.179 e. The van der Waals surface area contributed by atoms with Gasteiger partial charge in [-0.2, -0.15) is 0 Å². The molecule has 1 saturated heterocycles. The number of nitrogens with one attached hydrogen (secondary N) is 1. The van der Waals surface area contributed by atoms with Crippen LogP contribution in [0.2, 0.25) is 15.1 Å². The molecule has 2 aromatic rings. The number of aliphatic imine (C=N–C) groups is 1. The van der Waals surface area contributed by atoms with Gasteiger partial charge in [0.15, 0.2) is 5.11 Å². The zero-order valence-electron chi connectivity index (χ0n) is 18.2. The number of hydrogen-bond acceptors (Lipinski definition) is 2. The average molecular weight is 495 g/mol. The first-order valence-corrected chi connectivity index (χ1v) is 11.5. The Labute approximate surface area is 205 Å². The largest absolute Gasteiger partial charge is 0.319 e. The minimum Gasteiger partial charge on any atom is -0.319 e. The van der Waals surface area contributed by atoms with E-state index in [1.165, 1.54) is 0 Å². The summed E-state index contributed by atoms with van der Waals surface area (Å²) in [5, 5.41) is 5.85. The molecule has 1 fully saturated rings. The molecule has 1 aliphatic heterocycles. The SMILES string of the molecule is CC(C)(C)[C@H](/C=C\c1ccc(Cl)cc1Cl)N=C1NC(=S)N(c2ccc(Cl)cc2)C1(C)C. The average Bonchev–Trinajstić information content (AvgIpc) is 2.88. The summed E-state index contributed by atoms with van der Waals surface area (Å²) in [7, 11) is 0. The van der Waals surface area contributed by atoms with Crippen molar-refractivity contribution in [3.63, 3.8) is 0 Å². The molecule has 0 amide bonds. The summed E-state index contributed by atoms with van der Waals surface area (Å²) in [6.45, 7) is 10.7. The maximum absolute atomic E-state index is 6.34. The quantitative estimate of drug-likeness (QED) is 0.442. The Morgan fingerprint density at radius 2 is 1.65 bits per heavy atom. The van der Waals surface area contributed by atoms with Crippen LogP contribution in [0, 0.1) is 5.41 Å². The highest BCUT2D eigenvalue weighted by atomic mass is 35.5. The fourth-order valence-electron chi connectivity index (χ4n) is 3.39. The molecule has 0 radical (unpaired) electrons. The van der Waals surface area contributed by atoms with Crippen molar-refractivity contribution in [2.75, 3.05) is 4.90 Å². The third-order valence-electron chi connectivity index (χ3n) is 5.23. The van der Waals surface area contributed by atoms with Crippen LogP contribution in [0.4, 0.5) is 5.69 Å². The minimum atomic E-state index is -0.444. The van der Waals surface area contributed by atoms with Gasteiger partial charge in [-0.25, -0.2) is 0 Å². The lowest BCUT2D eigenvalue weighted by Gasteiger charge is -2.32. The van der Waals surface area contributed by atoms with E-state index in [2.05, 4.69) is 50.9 Å². The molecule has 31 heavy (non-hydrogen) atoms. The van der Waals surface area contributed by atoms with Crippen molar-refractivity contribution in [2.24, 2.45) is 10.4 Å². The van der Waals surface area contributed by atoms with Crippen LogP contribution >= 0.6 is 47.0 Å². The number of hydrogen-bond donors (Lipinski definition) is 1. The molecular weight excluding hydrogens is 469 g/mol. The summed E-state index contributed by atoms with van der Waals surface area (Å²) in [5.41, 5.74) is 1.31. The molecular formula is C24H26Cl3N3S. The van der Waals surface area contributed by atoms with Gasteiger partial charge < -0.3 is 10.2 Å². The predicted molar refractivity (Wildman–Crippen MR) is 140 cm³/mol. The Morgan fingerprint density at radius 3 is 2.23 bits per heavy atom. The molecule has 1 N–H and O–H groups in total. The van der Waals surface area contributed by atoms with Crippen LogP contribution in [-0.4, -0.2) is 22.5 Å². The second-order valence-electron chi connectivity index (χ2n) is 9.11. The molecule has 0 aliphatic carbocycles. The fraction of sp³-hybridized carbons (Fsp3) is 0.333. The minimum absolute atomic E-state index is 0.103. The molecule has 0 unspecified atom stereocenters. The summed E-state index contributed by atoms with van der Waals surface area (Å²) >= 11 is 24.1. The highest BCUT2D eigenvalue weighted by molar-refractivity contribution is 7.80. The number of thiocarbonyl (C=S) groups is 1. The molecule has 1 heterocycles. The van der Waals surface area contributed by atoms with Crippen molar-refractivity contribution < 1.29 is 0 Å². The highest BCUT2D eigenvalue weighted by Gasteiger charge is 2.43. The topological polar surface area (TPSA) is 27.6 Å². The highest BCUT2D eigenvalue weighted by Crippen LogP contribution is 2.33. The van der Waals surface area contributed by atoms with E-state index in [4.69, 9.17) is 52.0 Å². The van der Waals surface area contributed by atoms with Crippen molar-refractivity contribution in [1.82, 2.24) is 5.32 Å². The lowest BCUT2D eigenvalue weighted by Crippen LogP contribution is -2.45. The molecule has 0 aromatic heterocycles. The van der Waals surface area contributed by atoms with Crippen molar-refractivity contribution in [3.05, 3.63) is 69.2 Å². The van der Waals surface area contributed by atoms with E-state index in [0.717, 1.165) is 17.1 Å². The van der Waals surface area contributed by atoms with Gasteiger partial charge >= 0.3 is 0 Å². The smallest absolute Gasteiger partial charge is 0.179 e. The van der Waals surface area contributed by atoms with Crippen LogP contribution in [0.1, 0.15) is 40.2 Å². The summed E-state index contributed by atoms with van der Waals surface area (Å²) in [6, 6.07) is 13.0. The number of benzene rings is 2. The monoisotopic (exact) mass is 493 g/mol. The van der Waals surface area contributed by atoms with Crippen LogP contribution in [0.3, 0.4) is 0 Å². The predicted octanol–water partition coefficient (Wildman–Crippen LogP) is 7.65. The standard InChI is InChI=1S/C24H26Cl3N3S/c1-23(2,3)20(13-7-15-6-8-17(26)14-19(15)27)28-21-24(4,5)30(22(31)29-21)18-11-9-16(25)10-12-18/h6-14,20H,1-5H3,(H,28,29,31)/b13-7-/t20-/m0/s1. The van der Waals surface area contributed by atoms with E-state index >= 15 is 0 Å². The van der Waals surface area contributed by atoms with E-state index in [0.29, 0.717) is 20.2 Å². The first-order chi connectivity index (χ1) is 14.4. The number of halogens is 3. The molecule has 164 valence electrons. The van der Waals surface area contributed by atoms with E-state index in [1.54, 1.807) is 6.07 Å². The number of anilines is 1. The zero-order valence-corrected chi connectivity index (χ0v) is 21.3. The van der Waals surface area contributed by atoms with E-state index in [-0.39, 0.29) is 11.5 Å². The van der Waals surface area contributed by atoms with E-state index in [9.17, 15) is 0 Å². The Morgan fingerprint density at radius 1 is 1.03 bits per heavy atom. The number of rotatable bonds is 4. The number of nitrogens with zero attached hydrogens (tertiary/aromatic N) is 2. The maximum atomic E-state index is 6.34. The molecule has 3 rings (SSSR count). The second-order valence-corrected chi connectivity index (χ2v) is 10.8. The molecule has 0 bridgehead atoms. The van der Waals surface area contributed by atoms with Gasteiger partial charge in [0, 0.05) is 20.8 Å².